The van der Waals surface area contributed by atoms with E-state index in [1.165, 1.54) is 36.5 Å². The molecule has 0 atom stereocenters. The summed E-state index contributed by atoms with van der Waals surface area (Å²) in [5.41, 5.74) is 1.16. The van der Waals surface area contributed by atoms with Crippen molar-refractivity contribution in [3.8, 4) is 5.95 Å². The highest BCUT2D eigenvalue weighted by atomic mass is 19.1. The molecule has 0 amide bonds. The standard InChI is InChI=1S/C16H14FN5O2/c1-9-7-14(23)20-16(19-9)22-15(24)13(10(2)21-22)8-18-12-5-3-11(17)4-6-12/h3-8,21H,1-2H3,(H,19,20,23). The van der Waals surface area contributed by atoms with Gasteiger partial charge < -0.3 is 0 Å². The van der Waals surface area contributed by atoms with Gasteiger partial charge in [-0.3, -0.25) is 24.7 Å². The van der Waals surface area contributed by atoms with Crippen LogP contribution in [-0.4, -0.2) is 26.0 Å². The zero-order chi connectivity index (χ0) is 17.3. The van der Waals surface area contributed by atoms with Gasteiger partial charge in [0.15, 0.2) is 0 Å². The molecule has 0 aliphatic heterocycles. The van der Waals surface area contributed by atoms with Gasteiger partial charge in [-0.25, -0.2) is 9.37 Å². The third-order valence-corrected chi connectivity index (χ3v) is 3.36. The van der Waals surface area contributed by atoms with Crippen molar-refractivity contribution >= 4 is 11.9 Å². The Hall–Kier alpha value is -3.29. The highest BCUT2D eigenvalue weighted by molar-refractivity contribution is 5.82. The van der Waals surface area contributed by atoms with E-state index in [2.05, 4.69) is 20.1 Å². The zero-order valence-corrected chi connectivity index (χ0v) is 13.0. The van der Waals surface area contributed by atoms with Crippen molar-refractivity contribution in [2.75, 3.05) is 0 Å². The van der Waals surface area contributed by atoms with E-state index in [0.717, 1.165) is 4.68 Å². The Bertz CT molecular complexity index is 1030. The lowest BCUT2D eigenvalue weighted by Crippen LogP contribution is -2.23. The lowest BCUT2D eigenvalue weighted by Gasteiger charge is -2.00. The molecular weight excluding hydrogens is 313 g/mol. The first-order chi connectivity index (χ1) is 11.4. The third kappa shape index (κ3) is 3.07. The minimum Gasteiger partial charge on any atom is -0.292 e. The molecule has 3 aromatic rings. The van der Waals surface area contributed by atoms with E-state index in [1.54, 1.807) is 13.8 Å². The molecule has 0 spiro atoms. The van der Waals surface area contributed by atoms with E-state index in [-0.39, 0.29) is 17.3 Å². The summed E-state index contributed by atoms with van der Waals surface area (Å²) >= 11 is 0. The van der Waals surface area contributed by atoms with Gasteiger partial charge in [-0.05, 0) is 38.1 Å². The Kier molecular flexibility index (Phi) is 3.95. The number of hydrogen-bond donors (Lipinski definition) is 2. The van der Waals surface area contributed by atoms with Crippen LogP contribution in [0.3, 0.4) is 0 Å². The van der Waals surface area contributed by atoms with Crippen LogP contribution >= 0.6 is 0 Å². The number of nitrogens with zero attached hydrogens (tertiary/aromatic N) is 3. The van der Waals surface area contributed by atoms with Crippen LogP contribution in [0.5, 0.6) is 0 Å². The number of aromatic nitrogens is 4. The highest BCUT2D eigenvalue weighted by Gasteiger charge is 2.12. The lowest BCUT2D eigenvalue weighted by atomic mass is 10.3. The topological polar surface area (TPSA) is 95.9 Å². The fraction of sp³-hybridized carbons (Fsp3) is 0.125. The number of hydrogen-bond acceptors (Lipinski definition) is 4. The van der Waals surface area contributed by atoms with Crippen molar-refractivity contribution in [3.05, 3.63) is 73.8 Å². The molecule has 0 aliphatic rings. The van der Waals surface area contributed by atoms with Crippen LogP contribution < -0.4 is 11.1 Å². The van der Waals surface area contributed by atoms with E-state index in [0.29, 0.717) is 22.6 Å². The first-order valence-electron chi connectivity index (χ1n) is 7.13. The smallest absolute Gasteiger partial charge is 0.282 e. The van der Waals surface area contributed by atoms with E-state index in [4.69, 9.17) is 0 Å². The summed E-state index contributed by atoms with van der Waals surface area (Å²) in [6, 6.07) is 6.92. The SMILES string of the molecule is Cc1cc(=O)[nH]c(-n2[nH]c(C)c(C=Nc3ccc(F)cc3)c2=O)n1. The van der Waals surface area contributed by atoms with E-state index < -0.39 is 5.56 Å². The van der Waals surface area contributed by atoms with Gasteiger partial charge >= 0.3 is 0 Å². The average Bonchev–Trinajstić information content (AvgIpc) is 2.81. The Morgan fingerprint density at radius 2 is 1.92 bits per heavy atom. The van der Waals surface area contributed by atoms with Crippen LogP contribution in [0.1, 0.15) is 17.0 Å². The zero-order valence-electron chi connectivity index (χ0n) is 13.0. The summed E-state index contributed by atoms with van der Waals surface area (Å²) in [7, 11) is 0. The first-order valence-corrected chi connectivity index (χ1v) is 7.13. The Balaban J connectivity index is 2.02. The molecule has 122 valence electrons. The van der Waals surface area contributed by atoms with Gasteiger partial charge in [-0.2, -0.15) is 4.68 Å². The van der Waals surface area contributed by atoms with Crippen molar-refractivity contribution in [2.24, 2.45) is 4.99 Å². The van der Waals surface area contributed by atoms with Crippen molar-refractivity contribution in [1.82, 2.24) is 19.7 Å². The minimum absolute atomic E-state index is 0.106. The van der Waals surface area contributed by atoms with E-state index >= 15 is 0 Å². The molecule has 0 saturated heterocycles. The monoisotopic (exact) mass is 327 g/mol. The number of aliphatic imine (C=N–C) groups is 1. The molecule has 24 heavy (non-hydrogen) atoms. The number of H-pyrrole nitrogens is 2. The van der Waals surface area contributed by atoms with Gasteiger partial charge in [0, 0.05) is 23.7 Å². The highest BCUT2D eigenvalue weighted by Crippen LogP contribution is 2.12. The van der Waals surface area contributed by atoms with Gasteiger partial charge in [0.1, 0.15) is 5.82 Å². The normalized spacial score (nSPS) is 11.3. The van der Waals surface area contributed by atoms with E-state index in [1.807, 2.05) is 0 Å². The maximum absolute atomic E-state index is 12.9. The second kappa shape index (κ2) is 6.07. The number of aryl methyl sites for hydroxylation is 2. The molecule has 7 nitrogen and oxygen atoms in total. The van der Waals surface area contributed by atoms with Crippen LogP contribution in [0.15, 0.2) is 44.9 Å². The third-order valence-electron chi connectivity index (χ3n) is 3.36. The predicted molar refractivity (Wildman–Crippen MR) is 87.9 cm³/mol. The summed E-state index contributed by atoms with van der Waals surface area (Å²) in [6.45, 7) is 3.37. The lowest BCUT2D eigenvalue weighted by molar-refractivity contribution is 0.628. The second-order valence-corrected chi connectivity index (χ2v) is 5.24. The molecule has 0 saturated carbocycles. The van der Waals surface area contributed by atoms with Crippen molar-refractivity contribution < 1.29 is 4.39 Å². The predicted octanol–water partition coefficient (Wildman–Crippen LogP) is 1.76. The Morgan fingerprint density at radius 3 is 2.58 bits per heavy atom. The largest absolute Gasteiger partial charge is 0.292 e. The molecule has 0 fully saturated rings. The maximum Gasteiger partial charge on any atom is 0.282 e. The molecule has 8 heteroatoms. The first kappa shape index (κ1) is 15.6. The Labute approximate surface area is 135 Å². The molecule has 0 aliphatic carbocycles. The quantitative estimate of drug-likeness (QED) is 0.717. The molecule has 3 rings (SSSR count). The maximum atomic E-state index is 12.9. The number of nitrogens with one attached hydrogen (secondary N) is 2. The average molecular weight is 327 g/mol. The molecule has 1 aromatic carbocycles. The number of rotatable bonds is 3. The summed E-state index contributed by atoms with van der Waals surface area (Å²) < 4.78 is 14.0. The van der Waals surface area contributed by atoms with Crippen LogP contribution in [0.2, 0.25) is 0 Å². The van der Waals surface area contributed by atoms with Crippen molar-refractivity contribution in [1.29, 1.82) is 0 Å². The number of halogens is 1. The molecule has 0 bridgehead atoms. The van der Waals surface area contributed by atoms with Gasteiger partial charge in [0.2, 0.25) is 5.95 Å². The Morgan fingerprint density at radius 1 is 1.21 bits per heavy atom. The molecule has 2 heterocycles. The molecule has 2 N–H and O–H groups in total. The van der Waals surface area contributed by atoms with Crippen LogP contribution in [0, 0.1) is 19.7 Å². The fourth-order valence-corrected chi connectivity index (χ4v) is 2.20. The second-order valence-electron chi connectivity index (χ2n) is 5.24. The summed E-state index contributed by atoms with van der Waals surface area (Å²) in [5.74, 6) is -0.252. The summed E-state index contributed by atoms with van der Waals surface area (Å²) in [6.07, 6.45) is 1.39. The minimum atomic E-state index is -0.396. The fourth-order valence-electron chi connectivity index (χ4n) is 2.20. The van der Waals surface area contributed by atoms with Crippen molar-refractivity contribution in [2.45, 2.75) is 13.8 Å². The van der Waals surface area contributed by atoms with Crippen LogP contribution in [-0.2, 0) is 0 Å². The van der Waals surface area contributed by atoms with Gasteiger partial charge in [-0.1, -0.05) is 0 Å². The molecule has 0 radical (unpaired) electrons. The van der Waals surface area contributed by atoms with Gasteiger partial charge in [0.25, 0.3) is 11.1 Å². The molecule has 0 unspecified atom stereocenters. The van der Waals surface area contributed by atoms with Gasteiger partial charge in [0.05, 0.1) is 11.3 Å². The van der Waals surface area contributed by atoms with Crippen LogP contribution in [0.4, 0.5) is 10.1 Å². The summed E-state index contributed by atoms with van der Waals surface area (Å²) in [5, 5.41) is 2.85. The number of benzene rings is 1. The summed E-state index contributed by atoms with van der Waals surface area (Å²) in [4.78, 5) is 34.9. The van der Waals surface area contributed by atoms with E-state index in [9.17, 15) is 14.0 Å². The molecule has 2 aromatic heterocycles. The molecular formula is C16H14FN5O2. The van der Waals surface area contributed by atoms with Crippen molar-refractivity contribution in [3.63, 3.8) is 0 Å². The van der Waals surface area contributed by atoms with Crippen LogP contribution in [0.25, 0.3) is 5.95 Å². The van der Waals surface area contributed by atoms with Gasteiger partial charge in [-0.15, -0.1) is 0 Å². The number of aromatic amines is 2.